The highest BCUT2D eigenvalue weighted by molar-refractivity contribution is 7.89. The molecule has 6 rings (SSSR count). The number of benzene rings is 2. The minimum Gasteiger partial charge on any atom is -0.371 e. The first-order valence-electron chi connectivity index (χ1n) is 13.1. The van der Waals surface area contributed by atoms with Gasteiger partial charge in [0.05, 0.1) is 0 Å². The summed E-state index contributed by atoms with van der Waals surface area (Å²) in [5, 5.41) is 5.27. The molecule has 1 aliphatic carbocycles. The molecule has 36 heavy (non-hydrogen) atoms. The zero-order valence-corrected chi connectivity index (χ0v) is 21.7. The Morgan fingerprint density at radius 1 is 1.06 bits per heavy atom. The van der Waals surface area contributed by atoms with Crippen LogP contribution in [-0.4, -0.2) is 55.1 Å². The zero-order chi connectivity index (χ0) is 24.9. The Balaban J connectivity index is 1.27. The molecule has 2 aliphatic heterocycles. The molecule has 0 bridgehead atoms. The second-order valence-electron chi connectivity index (χ2n) is 10.7. The Bertz CT molecular complexity index is 1350. The number of hydrogen-bond acceptors (Lipinski definition) is 5. The summed E-state index contributed by atoms with van der Waals surface area (Å²) in [6, 6.07) is 18.6. The van der Waals surface area contributed by atoms with Crippen LogP contribution in [0, 0.1) is 0 Å². The molecule has 2 fully saturated rings. The van der Waals surface area contributed by atoms with Gasteiger partial charge in [-0.3, -0.25) is 4.90 Å². The molecule has 7 nitrogen and oxygen atoms in total. The van der Waals surface area contributed by atoms with Crippen molar-refractivity contribution in [3.8, 4) is 0 Å². The molecule has 0 spiro atoms. The SMILES string of the molecule is Cn1cc(S(N)(=O)=O)nc1[C@H]1CCN(c2ccc3c(c2)[C@@H](Cc2ccccc2)[C@@H](N2CCC2)CC3)C1. The number of anilines is 1. The molecule has 3 aromatic rings. The van der Waals surface area contributed by atoms with Crippen LogP contribution in [0.15, 0.2) is 59.8 Å². The molecule has 0 unspecified atom stereocenters. The van der Waals surface area contributed by atoms with Gasteiger partial charge in [0, 0.05) is 49.9 Å². The molecule has 0 radical (unpaired) electrons. The molecular formula is C28H35N5O2S. The number of nitrogens with two attached hydrogens (primary N) is 1. The number of hydrogen-bond donors (Lipinski definition) is 1. The van der Waals surface area contributed by atoms with Crippen molar-refractivity contribution in [3.63, 3.8) is 0 Å². The monoisotopic (exact) mass is 505 g/mol. The van der Waals surface area contributed by atoms with Crippen LogP contribution in [0.1, 0.15) is 53.6 Å². The third-order valence-corrected chi connectivity index (χ3v) is 9.24. The Labute approximate surface area is 214 Å². The third kappa shape index (κ3) is 4.46. The van der Waals surface area contributed by atoms with E-state index in [0.717, 1.165) is 38.2 Å². The van der Waals surface area contributed by atoms with Gasteiger partial charge < -0.3 is 9.47 Å². The van der Waals surface area contributed by atoms with Crippen molar-refractivity contribution in [1.82, 2.24) is 14.5 Å². The van der Waals surface area contributed by atoms with Crippen molar-refractivity contribution in [1.29, 1.82) is 0 Å². The Kier molecular flexibility index (Phi) is 6.14. The maximum atomic E-state index is 11.8. The maximum absolute atomic E-state index is 11.8. The van der Waals surface area contributed by atoms with E-state index in [2.05, 4.69) is 63.3 Å². The van der Waals surface area contributed by atoms with Crippen LogP contribution in [0.2, 0.25) is 0 Å². The molecule has 190 valence electrons. The third-order valence-electron chi connectivity index (χ3n) is 8.46. The van der Waals surface area contributed by atoms with Crippen molar-refractivity contribution in [3.05, 3.63) is 77.2 Å². The van der Waals surface area contributed by atoms with E-state index in [0.29, 0.717) is 12.0 Å². The van der Waals surface area contributed by atoms with E-state index in [4.69, 9.17) is 5.14 Å². The lowest BCUT2D eigenvalue weighted by atomic mass is 9.74. The van der Waals surface area contributed by atoms with E-state index in [-0.39, 0.29) is 10.9 Å². The van der Waals surface area contributed by atoms with E-state index < -0.39 is 10.0 Å². The molecule has 2 saturated heterocycles. The summed E-state index contributed by atoms with van der Waals surface area (Å²) in [6.07, 6.45) is 7.24. The number of aromatic nitrogens is 2. The van der Waals surface area contributed by atoms with E-state index in [9.17, 15) is 8.42 Å². The second kappa shape index (κ2) is 9.32. The van der Waals surface area contributed by atoms with Gasteiger partial charge in [-0.25, -0.2) is 18.5 Å². The van der Waals surface area contributed by atoms with Gasteiger partial charge in [-0.2, -0.15) is 0 Å². The number of nitrogens with zero attached hydrogens (tertiary/aromatic N) is 4. The van der Waals surface area contributed by atoms with E-state index in [1.54, 1.807) is 0 Å². The summed E-state index contributed by atoms with van der Waals surface area (Å²) in [4.78, 5) is 9.51. The van der Waals surface area contributed by atoms with Gasteiger partial charge >= 0.3 is 0 Å². The average molecular weight is 506 g/mol. The number of likely N-dealkylation sites (tertiary alicyclic amines) is 1. The highest BCUT2D eigenvalue weighted by Gasteiger charge is 2.36. The fraction of sp³-hybridized carbons (Fsp3) is 0.464. The molecule has 1 aromatic heterocycles. The zero-order valence-electron chi connectivity index (χ0n) is 20.9. The van der Waals surface area contributed by atoms with Crippen molar-refractivity contribution in [2.45, 2.75) is 55.0 Å². The molecule has 3 heterocycles. The van der Waals surface area contributed by atoms with Crippen molar-refractivity contribution in [2.24, 2.45) is 12.2 Å². The number of imidazole rings is 1. The molecule has 0 amide bonds. The number of primary sulfonamides is 1. The van der Waals surface area contributed by atoms with Gasteiger partial charge in [-0.15, -0.1) is 0 Å². The molecule has 2 aromatic carbocycles. The number of rotatable bonds is 6. The van der Waals surface area contributed by atoms with Gasteiger partial charge in [-0.1, -0.05) is 36.4 Å². The van der Waals surface area contributed by atoms with Gasteiger partial charge in [0.25, 0.3) is 10.0 Å². The van der Waals surface area contributed by atoms with Crippen LogP contribution in [0.4, 0.5) is 5.69 Å². The van der Waals surface area contributed by atoms with Crippen LogP contribution in [0.3, 0.4) is 0 Å². The standard InChI is InChI=1S/C28H35N5O2S/c1-31-19-27(36(29,34)35)30-28(31)22-12-15-33(18-22)23-10-8-21-9-11-26(32-13-5-14-32)25(24(21)17-23)16-20-6-3-2-4-7-20/h2-4,6-8,10,17,19,22,25-26H,5,9,11-16,18H2,1H3,(H2,29,34,35)/t22-,25+,26-/m0/s1. The number of sulfonamides is 1. The van der Waals surface area contributed by atoms with Crippen LogP contribution < -0.4 is 10.0 Å². The first kappa shape index (κ1) is 23.7. The molecule has 8 heteroatoms. The first-order chi connectivity index (χ1) is 17.4. The lowest BCUT2D eigenvalue weighted by molar-refractivity contribution is 0.0877. The van der Waals surface area contributed by atoms with Gasteiger partial charge in [-0.05, 0) is 74.0 Å². The van der Waals surface area contributed by atoms with Crippen molar-refractivity contribution in [2.75, 3.05) is 31.1 Å². The average Bonchev–Trinajstić information content (AvgIpc) is 3.46. The lowest BCUT2D eigenvalue weighted by Crippen LogP contribution is -2.49. The van der Waals surface area contributed by atoms with E-state index in [1.165, 1.54) is 54.5 Å². The van der Waals surface area contributed by atoms with E-state index >= 15 is 0 Å². The fourth-order valence-corrected chi connectivity index (χ4v) is 6.99. The minimum absolute atomic E-state index is 0.0481. The summed E-state index contributed by atoms with van der Waals surface area (Å²) in [6.45, 7) is 4.21. The van der Waals surface area contributed by atoms with E-state index in [1.807, 2.05) is 11.6 Å². The number of fused-ring (bicyclic) bond motifs is 1. The molecule has 3 atom stereocenters. The van der Waals surface area contributed by atoms with Gasteiger partial charge in [0.1, 0.15) is 5.82 Å². The Hall–Kier alpha value is -2.68. The van der Waals surface area contributed by atoms with Gasteiger partial charge in [0.15, 0.2) is 5.03 Å². The highest BCUT2D eigenvalue weighted by Crippen LogP contribution is 2.41. The predicted octanol–water partition coefficient (Wildman–Crippen LogP) is 3.41. The van der Waals surface area contributed by atoms with Crippen molar-refractivity contribution >= 4 is 15.7 Å². The maximum Gasteiger partial charge on any atom is 0.257 e. The normalized spacial score (nSPS) is 24.5. The summed E-state index contributed by atoms with van der Waals surface area (Å²) in [7, 11) is -1.95. The summed E-state index contributed by atoms with van der Waals surface area (Å²) in [5.41, 5.74) is 5.68. The summed E-state index contributed by atoms with van der Waals surface area (Å²) in [5.74, 6) is 1.47. The lowest BCUT2D eigenvalue weighted by Gasteiger charge is -2.46. The van der Waals surface area contributed by atoms with Gasteiger partial charge in [0.2, 0.25) is 0 Å². The summed E-state index contributed by atoms with van der Waals surface area (Å²) >= 11 is 0. The second-order valence-corrected chi connectivity index (χ2v) is 12.2. The quantitative estimate of drug-likeness (QED) is 0.555. The topological polar surface area (TPSA) is 84.5 Å². The highest BCUT2D eigenvalue weighted by atomic mass is 32.2. The first-order valence-corrected chi connectivity index (χ1v) is 14.6. The van der Waals surface area contributed by atoms with Crippen molar-refractivity contribution < 1.29 is 8.42 Å². The molecule has 2 N–H and O–H groups in total. The van der Waals surface area contributed by atoms with Crippen LogP contribution in [0.5, 0.6) is 0 Å². The Morgan fingerprint density at radius 3 is 2.56 bits per heavy atom. The Morgan fingerprint density at radius 2 is 1.86 bits per heavy atom. The predicted molar refractivity (Wildman–Crippen MR) is 142 cm³/mol. The fourth-order valence-electron chi connectivity index (χ4n) is 6.46. The number of aryl methyl sites for hydroxylation is 2. The van der Waals surface area contributed by atoms with Crippen LogP contribution >= 0.6 is 0 Å². The summed E-state index contributed by atoms with van der Waals surface area (Å²) < 4.78 is 25.4. The smallest absolute Gasteiger partial charge is 0.257 e. The largest absolute Gasteiger partial charge is 0.371 e. The molecule has 3 aliphatic rings. The van der Waals surface area contributed by atoms with Crippen LogP contribution in [-0.2, 0) is 29.9 Å². The molecular weight excluding hydrogens is 470 g/mol. The van der Waals surface area contributed by atoms with Crippen LogP contribution in [0.25, 0.3) is 0 Å². The molecule has 0 saturated carbocycles. The minimum atomic E-state index is -3.80.